The van der Waals surface area contributed by atoms with Crippen LogP contribution in [0, 0.1) is 0 Å². The molecular weight excluding hydrogens is 397 g/mol. The molecule has 0 unspecified atom stereocenters. The summed E-state index contributed by atoms with van der Waals surface area (Å²) in [6.07, 6.45) is 0.145. The molecule has 2 aliphatic heterocycles. The van der Waals surface area contributed by atoms with Crippen molar-refractivity contribution in [3.05, 3.63) is 53.3 Å². The summed E-state index contributed by atoms with van der Waals surface area (Å²) in [5.74, 6) is -0.417. The number of alkyl halides is 3. The summed E-state index contributed by atoms with van der Waals surface area (Å²) in [5, 5.41) is 7.18. The quantitative estimate of drug-likeness (QED) is 0.809. The lowest BCUT2D eigenvalue weighted by molar-refractivity contribution is -0.137. The first-order chi connectivity index (χ1) is 14.2. The van der Waals surface area contributed by atoms with Crippen molar-refractivity contribution in [1.29, 1.82) is 0 Å². The molecule has 0 bridgehead atoms. The van der Waals surface area contributed by atoms with Gasteiger partial charge in [-0.25, -0.2) is 0 Å². The Hall–Kier alpha value is -2.84. The second kappa shape index (κ2) is 7.77. The van der Waals surface area contributed by atoms with E-state index in [1.54, 1.807) is 30.3 Å². The van der Waals surface area contributed by atoms with Crippen molar-refractivity contribution in [2.45, 2.75) is 56.4 Å². The highest BCUT2D eigenvalue weighted by Gasteiger charge is 2.46. The lowest BCUT2D eigenvalue weighted by Crippen LogP contribution is -2.48. The number of halogens is 3. The number of rotatable bonds is 2. The zero-order valence-corrected chi connectivity index (χ0v) is 16.5. The largest absolute Gasteiger partial charge is 0.416 e. The summed E-state index contributed by atoms with van der Waals surface area (Å²) in [6.45, 7) is 0. The van der Waals surface area contributed by atoms with Gasteiger partial charge in [-0.05, 0) is 43.0 Å². The number of nitrogens with one attached hydrogen (secondary N) is 1. The van der Waals surface area contributed by atoms with Crippen LogP contribution in [0.3, 0.4) is 0 Å². The molecule has 6 nitrogen and oxygen atoms in total. The molecule has 30 heavy (non-hydrogen) atoms. The number of benzene rings is 1. The first kappa shape index (κ1) is 20.4. The lowest BCUT2D eigenvalue weighted by atomic mass is 9.97. The van der Waals surface area contributed by atoms with E-state index in [4.69, 9.17) is 0 Å². The van der Waals surface area contributed by atoms with E-state index in [0.717, 1.165) is 25.0 Å². The van der Waals surface area contributed by atoms with Crippen LogP contribution < -0.4 is 5.32 Å². The van der Waals surface area contributed by atoms with E-state index in [-0.39, 0.29) is 29.6 Å². The minimum Gasteiger partial charge on any atom is -0.351 e. The molecule has 0 aliphatic carbocycles. The molecule has 3 heterocycles. The second-order valence-electron chi connectivity index (χ2n) is 7.95. The van der Waals surface area contributed by atoms with Crippen molar-refractivity contribution in [2.75, 3.05) is 0 Å². The molecule has 1 aromatic carbocycles. The van der Waals surface area contributed by atoms with Crippen LogP contribution in [0.2, 0.25) is 0 Å². The topological polar surface area (TPSA) is 67.2 Å². The molecule has 2 amide bonds. The van der Waals surface area contributed by atoms with Gasteiger partial charge in [-0.2, -0.15) is 18.3 Å². The number of nitrogens with zero attached hydrogens (tertiary/aromatic N) is 3. The van der Waals surface area contributed by atoms with Gasteiger partial charge in [0.2, 0.25) is 5.91 Å². The van der Waals surface area contributed by atoms with Crippen LogP contribution in [0.15, 0.2) is 36.5 Å². The molecular formula is C21H23F3N4O2. The second-order valence-corrected chi connectivity index (χ2v) is 7.95. The molecule has 0 radical (unpaired) electrons. The first-order valence-corrected chi connectivity index (χ1v) is 10.0. The van der Waals surface area contributed by atoms with Gasteiger partial charge < -0.3 is 10.2 Å². The molecule has 2 fully saturated rings. The standard InChI is InChI=1S/C21H23F3N4O2/c1-27-10-9-15(26-27)20(30)28-17-7-2-3-8-19(29)25-16(17)12-18(28)13-5-4-6-14(11-13)21(22,23)24/h4-6,9-11,16-18H,2-3,7-8,12H2,1H3,(H,25,29)/t16-,17+,18+/m1/s1. The fraction of sp³-hybridized carbons (Fsp3) is 0.476. The fourth-order valence-electron chi connectivity index (χ4n) is 4.52. The molecule has 160 valence electrons. The summed E-state index contributed by atoms with van der Waals surface area (Å²) in [5.41, 5.74) is -0.0998. The predicted molar refractivity (Wildman–Crippen MR) is 102 cm³/mol. The Labute approximate surface area is 172 Å². The zero-order chi connectivity index (χ0) is 21.5. The Balaban J connectivity index is 1.75. The predicted octanol–water partition coefficient (Wildman–Crippen LogP) is 3.45. The average Bonchev–Trinajstić information content (AvgIpc) is 3.26. The van der Waals surface area contributed by atoms with Crippen LogP contribution in [-0.4, -0.2) is 38.6 Å². The van der Waals surface area contributed by atoms with Gasteiger partial charge in [-0.3, -0.25) is 14.3 Å². The average molecular weight is 420 g/mol. The summed E-state index contributed by atoms with van der Waals surface area (Å²) in [4.78, 5) is 27.2. The number of fused-ring (bicyclic) bond motifs is 1. The monoisotopic (exact) mass is 420 g/mol. The van der Waals surface area contributed by atoms with Gasteiger partial charge in [-0.15, -0.1) is 0 Å². The molecule has 1 aromatic heterocycles. The van der Waals surface area contributed by atoms with E-state index in [1.165, 1.54) is 10.7 Å². The Morgan fingerprint density at radius 2 is 2.03 bits per heavy atom. The maximum atomic E-state index is 13.4. The van der Waals surface area contributed by atoms with Crippen LogP contribution in [-0.2, 0) is 18.0 Å². The highest BCUT2D eigenvalue weighted by Crippen LogP contribution is 2.41. The Morgan fingerprint density at radius 1 is 1.23 bits per heavy atom. The van der Waals surface area contributed by atoms with Crippen molar-refractivity contribution in [3.63, 3.8) is 0 Å². The van der Waals surface area contributed by atoms with Crippen LogP contribution in [0.1, 0.15) is 59.8 Å². The van der Waals surface area contributed by atoms with Crippen molar-refractivity contribution in [2.24, 2.45) is 7.05 Å². The number of likely N-dealkylation sites (tertiary alicyclic amines) is 1. The molecule has 0 spiro atoms. The van der Waals surface area contributed by atoms with Gasteiger partial charge in [0, 0.05) is 19.7 Å². The van der Waals surface area contributed by atoms with Gasteiger partial charge in [0.1, 0.15) is 5.69 Å². The summed E-state index contributed by atoms with van der Waals surface area (Å²) >= 11 is 0. The maximum absolute atomic E-state index is 13.4. The van der Waals surface area contributed by atoms with Crippen LogP contribution in [0.5, 0.6) is 0 Å². The van der Waals surface area contributed by atoms with Gasteiger partial charge in [-0.1, -0.05) is 18.6 Å². The highest BCUT2D eigenvalue weighted by atomic mass is 19.4. The normalized spacial score (nSPS) is 24.7. The molecule has 0 saturated carbocycles. The van der Waals surface area contributed by atoms with Crippen LogP contribution >= 0.6 is 0 Å². The number of aryl methyl sites for hydroxylation is 1. The third-order valence-corrected chi connectivity index (χ3v) is 5.90. The third-order valence-electron chi connectivity index (χ3n) is 5.90. The van der Waals surface area contributed by atoms with E-state index in [9.17, 15) is 22.8 Å². The zero-order valence-electron chi connectivity index (χ0n) is 16.5. The maximum Gasteiger partial charge on any atom is 0.416 e. The van der Waals surface area contributed by atoms with Crippen molar-refractivity contribution in [1.82, 2.24) is 20.0 Å². The van der Waals surface area contributed by atoms with Gasteiger partial charge in [0.05, 0.1) is 23.7 Å². The molecule has 2 saturated heterocycles. The van der Waals surface area contributed by atoms with Crippen LogP contribution in [0.4, 0.5) is 13.2 Å². The molecule has 1 N–H and O–H groups in total. The first-order valence-electron chi connectivity index (χ1n) is 10.0. The lowest BCUT2D eigenvalue weighted by Gasteiger charge is -2.32. The molecule has 2 aromatic rings. The Morgan fingerprint density at radius 3 is 2.73 bits per heavy atom. The fourth-order valence-corrected chi connectivity index (χ4v) is 4.52. The van der Waals surface area contributed by atoms with Crippen LogP contribution in [0.25, 0.3) is 0 Å². The highest BCUT2D eigenvalue weighted by molar-refractivity contribution is 5.93. The number of carbonyl (C=O) groups excluding carboxylic acids is 2. The number of aromatic nitrogens is 2. The van der Waals surface area contributed by atoms with E-state index in [1.807, 2.05) is 0 Å². The Bertz CT molecular complexity index is 956. The summed E-state index contributed by atoms with van der Waals surface area (Å²) in [6, 6.07) is 5.53. The van der Waals surface area contributed by atoms with E-state index in [0.29, 0.717) is 24.8 Å². The van der Waals surface area contributed by atoms with Crippen molar-refractivity contribution >= 4 is 11.8 Å². The summed E-state index contributed by atoms with van der Waals surface area (Å²) in [7, 11) is 1.70. The van der Waals surface area contributed by atoms with Gasteiger partial charge in [0.25, 0.3) is 5.91 Å². The number of amides is 2. The summed E-state index contributed by atoms with van der Waals surface area (Å²) < 4.78 is 41.4. The van der Waals surface area contributed by atoms with Crippen molar-refractivity contribution in [3.8, 4) is 0 Å². The SMILES string of the molecule is Cn1ccc(C(=O)N2[C@H](c3cccc(C(F)(F)F)c3)C[C@H]3NC(=O)CCCC[C@@H]32)n1. The van der Waals surface area contributed by atoms with Gasteiger partial charge in [0.15, 0.2) is 0 Å². The van der Waals surface area contributed by atoms with E-state index >= 15 is 0 Å². The van der Waals surface area contributed by atoms with E-state index in [2.05, 4.69) is 10.4 Å². The Kier molecular flexibility index (Phi) is 5.29. The molecule has 4 rings (SSSR count). The number of hydrogen-bond donors (Lipinski definition) is 1. The molecule has 9 heteroatoms. The van der Waals surface area contributed by atoms with Gasteiger partial charge >= 0.3 is 6.18 Å². The van der Waals surface area contributed by atoms with Crippen molar-refractivity contribution < 1.29 is 22.8 Å². The number of hydrogen-bond acceptors (Lipinski definition) is 3. The smallest absolute Gasteiger partial charge is 0.351 e. The third kappa shape index (κ3) is 3.93. The molecule has 2 aliphatic rings. The minimum atomic E-state index is -4.47. The molecule has 3 atom stereocenters. The number of carbonyl (C=O) groups is 2. The minimum absolute atomic E-state index is 0.0837. The van der Waals surface area contributed by atoms with E-state index < -0.39 is 17.8 Å².